The van der Waals surface area contributed by atoms with E-state index in [1.54, 1.807) is 30.7 Å². The molecule has 0 saturated heterocycles. The molecule has 0 heterocycles. The second-order valence-electron chi connectivity index (χ2n) is 7.66. The standard InChI is InChI=1S/C25H34N2O3S/c1-5-19(2)26-25(29)20(3)27(17-22-12-9-13-23(16-22)30-4)24(28)14-15-31-18-21-10-7-6-8-11-21/h6-13,16,19-20H,5,14-15,17-18H2,1-4H3,(H,26,29)/t19-,20-/m1/s1. The molecule has 6 heteroatoms. The van der Waals surface area contributed by atoms with Crippen LogP contribution in [0.5, 0.6) is 5.75 Å². The van der Waals surface area contributed by atoms with Gasteiger partial charge in [0.15, 0.2) is 0 Å². The van der Waals surface area contributed by atoms with E-state index >= 15 is 0 Å². The second-order valence-corrected chi connectivity index (χ2v) is 8.76. The Bertz CT molecular complexity index is 829. The van der Waals surface area contributed by atoms with Crippen LogP contribution in [0.4, 0.5) is 0 Å². The summed E-state index contributed by atoms with van der Waals surface area (Å²) < 4.78 is 5.31. The van der Waals surface area contributed by atoms with E-state index in [-0.39, 0.29) is 17.9 Å². The lowest BCUT2D eigenvalue weighted by Crippen LogP contribution is -2.49. The number of benzene rings is 2. The van der Waals surface area contributed by atoms with E-state index in [0.29, 0.717) is 18.7 Å². The minimum atomic E-state index is -0.549. The molecular weight excluding hydrogens is 408 g/mol. The van der Waals surface area contributed by atoms with E-state index in [0.717, 1.165) is 23.5 Å². The summed E-state index contributed by atoms with van der Waals surface area (Å²) in [5.41, 5.74) is 2.18. The molecule has 0 fully saturated rings. The van der Waals surface area contributed by atoms with Crippen molar-refractivity contribution in [1.29, 1.82) is 0 Å². The van der Waals surface area contributed by atoms with Gasteiger partial charge in [-0.15, -0.1) is 0 Å². The van der Waals surface area contributed by atoms with Crippen LogP contribution < -0.4 is 10.1 Å². The molecule has 2 aromatic carbocycles. The Hall–Kier alpha value is -2.47. The third-order valence-corrected chi connectivity index (χ3v) is 6.26. The fourth-order valence-corrected chi connectivity index (χ4v) is 3.97. The van der Waals surface area contributed by atoms with Crippen LogP contribution >= 0.6 is 11.8 Å². The van der Waals surface area contributed by atoms with Crippen LogP contribution in [0.25, 0.3) is 0 Å². The summed E-state index contributed by atoms with van der Waals surface area (Å²) in [6.07, 6.45) is 1.24. The Morgan fingerprint density at radius 1 is 1.06 bits per heavy atom. The third-order valence-electron chi connectivity index (χ3n) is 5.23. The Morgan fingerprint density at radius 3 is 2.45 bits per heavy atom. The fourth-order valence-electron chi connectivity index (χ4n) is 3.08. The zero-order chi connectivity index (χ0) is 22.6. The summed E-state index contributed by atoms with van der Waals surface area (Å²) in [5.74, 6) is 2.17. The smallest absolute Gasteiger partial charge is 0.242 e. The number of rotatable bonds is 12. The van der Waals surface area contributed by atoms with Crippen LogP contribution in [0, 0.1) is 0 Å². The van der Waals surface area contributed by atoms with E-state index in [4.69, 9.17) is 4.74 Å². The molecule has 0 aromatic heterocycles. The van der Waals surface area contributed by atoms with Crippen molar-refractivity contribution < 1.29 is 14.3 Å². The van der Waals surface area contributed by atoms with Gasteiger partial charge in [-0.3, -0.25) is 9.59 Å². The van der Waals surface area contributed by atoms with Gasteiger partial charge in [0.1, 0.15) is 11.8 Å². The Labute approximate surface area is 190 Å². The number of thioether (sulfide) groups is 1. The first kappa shape index (κ1) is 24.8. The maximum Gasteiger partial charge on any atom is 0.242 e. The van der Waals surface area contributed by atoms with Crippen molar-refractivity contribution in [2.24, 2.45) is 0 Å². The molecule has 2 rings (SSSR count). The first-order valence-corrected chi connectivity index (χ1v) is 11.9. The predicted octanol–water partition coefficient (Wildman–Crippen LogP) is 4.65. The van der Waals surface area contributed by atoms with Crippen molar-refractivity contribution in [1.82, 2.24) is 10.2 Å². The third kappa shape index (κ3) is 8.29. The average molecular weight is 443 g/mol. The number of ether oxygens (including phenoxy) is 1. The molecule has 0 spiro atoms. The van der Waals surface area contributed by atoms with E-state index < -0.39 is 6.04 Å². The van der Waals surface area contributed by atoms with E-state index in [1.165, 1.54) is 5.56 Å². The molecule has 0 radical (unpaired) electrons. The van der Waals surface area contributed by atoms with Crippen molar-refractivity contribution in [3.8, 4) is 5.75 Å². The van der Waals surface area contributed by atoms with E-state index in [2.05, 4.69) is 17.4 Å². The Kier molecular flexibility index (Phi) is 10.4. The Balaban J connectivity index is 2.03. The molecule has 5 nitrogen and oxygen atoms in total. The van der Waals surface area contributed by atoms with Crippen LogP contribution in [-0.2, 0) is 21.9 Å². The van der Waals surface area contributed by atoms with Gasteiger partial charge in [-0.2, -0.15) is 11.8 Å². The van der Waals surface area contributed by atoms with E-state index in [1.807, 2.05) is 56.3 Å². The van der Waals surface area contributed by atoms with Crippen molar-refractivity contribution in [3.05, 3.63) is 65.7 Å². The molecule has 1 N–H and O–H groups in total. The molecule has 0 aliphatic carbocycles. The minimum Gasteiger partial charge on any atom is -0.497 e. The number of amides is 2. The second kappa shape index (κ2) is 13.1. The number of methoxy groups -OCH3 is 1. The maximum atomic E-state index is 13.1. The molecule has 2 atom stereocenters. The van der Waals surface area contributed by atoms with Crippen molar-refractivity contribution in [2.75, 3.05) is 12.9 Å². The molecule has 168 valence electrons. The van der Waals surface area contributed by atoms with Gasteiger partial charge < -0.3 is 15.0 Å². The lowest BCUT2D eigenvalue weighted by molar-refractivity contribution is -0.140. The van der Waals surface area contributed by atoms with Crippen molar-refractivity contribution >= 4 is 23.6 Å². The number of carbonyl (C=O) groups excluding carboxylic acids is 2. The van der Waals surface area contributed by atoms with Gasteiger partial charge in [-0.1, -0.05) is 49.4 Å². The van der Waals surface area contributed by atoms with Gasteiger partial charge in [0, 0.05) is 30.5 Å². The van der Waals surface area contributed by atoms with Crippen LogP contribution in [0.15, 0.2) is 54.6 Å². The predicted molar refractivity (Wildman–Crippen MR) is 128 cm³/mol. The van der Waals surface area contributed by atoms with Crippen LogP contribution in [-0.4, -0.2) is 41.7 Å². The van der Waals surface area contributed by atoms with E-state index in [9.17, 15) is 9.59 Å². The molecule has 0 saturated carbocycles. The van der Waals surface area contributed by atoms with Gasteiger partial charge in [0.05, 0.1) is 7.11 Å². The van der Waals surface area contributed by atoms with Gasteiger partial charge in [0.25, 0.3) is 0 Å². The lowest BCUT2D eigenvalue weighted by Gasteiger charge is -2.30. The highest BCUT2D eigenvalue weighted by molar-refractivity contribution is 7.98. The number of carbonyl (C=O) groups is 2. The quantitative estimate of drug-likeness (QED) is 0.486. The summed E-state index contributed by atoms with van der Waals surface area (Å²) in [6.45, 7) is 6.17. The first-order valence-electron chi connectivity index (χ1n) is 10.8. The normalized spacial score (nSPS) is 12.6. The maximum absolute atomic E-state index is 13.1. The van der Waals surface area contributed by atoms with Gasteiger partial charge in [-0.05, 0) is 43.5 Å². The van der Waals surface area contributed by atoms with Crippen LogP contribution in [0.3, 0.4) is 0 Å². The highest BCUT2D eigenvalue weighted by atomic mass is 32.2. The zero-order valence-corrected chi connectivity index (χ0v) is 19.8. The first-order chi connectivity index (χ1) is 14.9. The summed E-state index contributed by atoms with van der Waals surface area (Å²) in [7, 11) is 1.62. The highest BCUT2D eigenvalue weighted by Gasteiger charge is 2.26. The molecule has 0 aliphatic rings. The fraction of sp³-hybridized carbons (Fsp3) is 0.440. The molecular formula is C25H34N2O3S. The number of nitrogens with zero attached hydrogens (tertiary/aromatic N) is 1. The molecule has 0 aliphatic heterocycles. The minimum absolute atomic E-state index is 0.0183. The van der Waals surface area contributed by atoms with Crippen molar-refractivity contribution in [2.45, 2.75) is 58.0 Å². The Morgan fingerprint density at radius 2 is 1.77 bits per heavy atom. The van der Waals surface area contributed by atoms with Crippen molar-refractivity contribution in [3.63, 3.8) is 0 Å². The molecule has 31 heavy (non-hydrogen) atoms. The van der Waals surface area contributed by atoms with Gasteiger partial charge in [0.2, 0.25) is 11.8 Å². The summed E-state index contributed by atoms with van der Waals surface area (Å²) >= 11 is 1.73. The van der Waals surface area contributed by atoms with Gasteiger partial charge in [-0.25, -0.2) is 0 Å². The number of nitrogens with one attached hydrogen (secondary N) is 1. The summed E-state index contributed by atoms with van der Waals surface area (Å²) in [5, 5.41) is 3.00. The summed E-state index contributed by atoms with van der Waals surface area (Å²) in [4.78, 5) is 27.5. The molecule has 2 amide bonds. The number of hydrogen-bond donors (Lipinski definition) is 1. The zero-order valence-electron chi connectivity index (χ0n) is 19.0. The molecule has 2 aromatic rings. The van der Waals surface area contributed by atoms with Crippen LogP contribution in [0.1, 0.15) is 44.7 Å². The summed E-state index contributed by atoms with van der Waals surface area (Å²) in [6, 6.07) is 17.4. The number of hydrogen-bond acceptors (Lipinski definition) is 4. The van der Waals surface area contributed by atoms with Gasteiger partial charge >= 0.3 is 0 Å². The lowest BCUT2D eigenvalue weighted by atomic mass is 10.1. The largest absolute Gasteiger partial charge is 0.497 e. The molecule has 0 unspecified atom stereocenters. The monoisotopic (exact) mass is 442 g/mol. The topological polar surface area (TPSA) is 58.6 Å². The molecule has 0 bridgehead atoms. The SMILES string of the molecule is CC[C@@H](C)NC(=O)[C@@H](C)N(Cc1cccc(OC)c1)C(=O)CCSCc1ccccc1. The average Bonchev–Trinajstić information content (AvgIpc) is 2.80. The van der Waals surface area contributed by atoms with Crippen LogP contribution in [0.2, 0.25) is 0 Å². The highest BCUT2D eigenvalue weighted by Crippen LogP contribution is 2.18.